The zero-order valence-corrected chi connectivity index (χ0v) is 13.0. The minimum Gasteiger partial charge on any atom is -0.480 e. The fraction of sp³-hybridized carbons (Fsp3) is 0.111. The van der Waals surface area contributed by atoms with E-state index >= 15 is 0 Å². The van der Waals surface area contributed by atoms with Crippen LogP contribution in [0.2, 0.25) is 0 Å². The summed E-state index contributed by atoms with van der Waals surface area (Å²) in [6, 6.07) is 15.6. The molecule has 0 saturated carbocycles. The number of rotatable bonds is 2. The lowest BCUT2D eigenvalue weighted by Crippen LogP contribution is -2.17. The van der Waals surface area contributed by atoms with E-state index in [4.69, 9.17) is 10.8 Å². The Morgan fingerprint density at radius 3 is 2.43 bits per heavy atom. The van der Waals surface area contributed by atoms with Crippen LogP contribution in [0.15, 0.2) is 53.5 Å². The van der Waals surface area contributed by atoms with Gasteiger partial charge in [-0.05, 0) is 51.9 Å². The van der Waals surface area contributed by atoms with E-state index < -0.39 is 12.0 Å². The van der Waals surface area contributed by atoms with Crippen molar-refractivity contribution in [1.82, 2.24) is 0 Å². The summed E-state index contributed by atoms with van der Waals surface area (Å²) in [5.41, 5.74) is 7.57. The molecule has 0 radical (unpaired) electrons. The molecule has 0 fully saturated rings. The van der Waals surface area contributed by atoms with Gasteiger partial charge in [-0.25, -0.2) is 4.79 Å². The standard InChI is InChI=1S/C18H14N2O2S/c19-15-4-3-11-5-13-7-12(2-1-10(13)6-14(11)8-15)17-20-16(9-23-17)18(21)22/h1-8,16H,9,19H2,(H,21,22)/t16-/m1/s1. The zero-order chi connectivity index (χ0) is 16.0. The second kappa shape index (κ2) is 5.28. The Morgan fingerprint density at radius 1 is 1.04 bits per heavy atom. The normalized spacial score (nSPS) is 17.6. The predicted molar refractivity (Wildman–Crippen MR) is 96.3 cm³/mol. The number of carboxylic acids is 1. The number of nitrogens with zero attached hydrogens (tertiary/aromatic N) is 1. The predicted octanol–water partition coefficient (Wildman–Crippen LogP) is 3.52. The third-order valence-corrected chi connectivity index (χ3v) is 5.10. The van der Waals surface area contributed by atoms with E-state index in [9.17, 15) is 4.79 Å². The number of carbonyl (C=O) groups is 1. The maximum Gasteiger partial charge on any atom is 0.329 e. The molecule has 0 aromatic heterocycles. The summed E-state index contributed by atoms with van der Waals surface area (Å²) < 4.78 is 0. The maximum atomic E-state index is 11.0. The number of nitrogen functional groups attached to an aromatic ring is 1. The summed E-state index contributed by atoms with van der Waals surface area (Å²) in [7, 11) is 0. The SMILES string of the molecule is Nc1ccc2cc3cc(C4=N[C@@H](C(=O)O)CS4)ccc3cc2c1. The second-order valence-electron chi connectivity index (χ2n) is 5.62. The number of fused-ring (bicyclic) bond motifs is 2. The molecule has 1 aliphatic rings. The number of aliphatic carboxylic acids is 1. The summed E-state index contributed by atoms with van der Waals surface area (Å²) >= 11 is 1.50. The molecule has 114 valence electrons. The fourth-order valence-corrected chi connectivity index (χ4v) is 3.84. The van der Waals surface area contributed by atoms with Crippen LogP contribution >= 0.6 is 11.8 Å². The molecule has 4 rings (SSSR count). The Kier molecular flexibility index (Phi) is 3.23. The smallest absolute Gasteiger partial charge is 0.329 e. The van der Waals surface area contributed by atoms with E-state index in [0.717, 1.165) is 37.8 Å². The van der Waals surface area contributed by atoms with Gasteiger partial charge < -0.3 is 10.8 Å². The van der Waals surface area contributed by atoms with Crippen LogP contribution in [-0.2, 0) is 4.79 Å². The van der Waals surface area contributed by atoms with Crippen molar-refractivity contribution in [3.8, 4) is 0 Å². The van der Waals surface area contributed by atoms with Gasteiger partial charge in [0, 0.05) is 17.0 Å². The zero-order valence-electron chi connectivity index (χ0n) is 12.2. The van der Waals surface area contributed by atoms with Crippen molar-refractivity contribution in [2.75, 3.05) is 11.5 Å². The van der Waals surface area contributed by atoms with Crippen LogP contribution in [0.25, 0.3) is 21.5 Å². The number of benzene rings is 3. The summed E-state index contributed by atoms with van der Waals surface area (Å²) in [6.45, 7) is 0. The molecule has 3 aromatic carbocycles. The van der Waals surface area contributed by atoms with Crippen LogP contribution in [0.4, 0.5) is 5.69 Å². The number of carboxylic acid groups (broad SMARTS) is 1. The van der Waals surface area contributed by atoms with Crippen LogP contribution in [0.3, 0.4) is 0 Å². The highest BCUT2D eigenvalue weighted by Crippen LogP contribution is 2.29. The summed E-state index contributed by atoms with van der Waals surface area (Å²) in [5, 5.41) is 14.4. The van der Waals surface area contributed by atoms with Gasteiger partial charge in [-0.3, -0.25) is 4.99 Å². The van der Waals surface area contributed by atoms with Gasteiger partial charge in [0.1, 0.15) is 0 Å². The fourth-order valence-electron chi connectivity index (χ4n) is 2.81. The van der Waals surface area contributed by atoms with Gasteiger partial charge in [-0.2, -0.15) is 0 Å². The largest absolute Gasteiger partial charge is 0.480 e. The molecular weight excluding hydrogens is 308 g/mol. The number of nitrogens with two attached hydrogens (primary N) is 1. The first-order valence-corrected chi connectivity index (χ1v) is 8.25. The number of hydrogen-bond donors (Lipinski definition) is 2. The van der Waals surface area contributed by atoms with Crippen molar-refractivity contribution in [2.24, 2.45) is 4.99 Å². The molecule has 1 heterocycles. The lowest BCUT2D eigenvalue weighted by molar-refractivity contribution is -0.137. The summed E-state index contributed by atoms with van der Waals surface area (Å²) in [6.07, 6.45) is 0. The van der Waals surface area contributed by atoms with E-state index in [-0.39, 0.29) is 0 Å². The Bertz CT molecular complexity index is 981. The molecule has 23 heavy (non-hydrogen) atoms. The minimum absolute atomic E-state index is 0.500. The van der Waals surface area contributed by atoms with Gasteiger partial charge in [0.05, 0.1) is 5.04 Å². The Morgan fingerprint density at radius 2 is 1.74 bits per heavy atom. The average Bonchev–Trinajstić information content (AvgIpc) is 3.02. The first kappa shape index (κ1) is 14.1. The molecule has 1 aliphatic heterocycles. The van der Waals surface area contributed by atoms with E-state index in [2.05, 4.69) is 23.2 Å². The first-order valence-electron chi connectivity index (χ1n) is 7.27. The number of anilines is 1. The minimum atomic E-state index is -0.864. The second-order valence-corrected chi connectivity index (χ2v) is 6.63. The van der Waals surface area contributed by atoms with Crippen molar-refractivity contribution in [3.05, 3.63) is 54.1 Å². The molecule has 1 atom stereocenters. The lowest BCUT2D eigenvalue weighted by Gasteiger charge is -2.06. The van der Waals surface area contributed by atoms with E-state index in [1.165, 1.54) is 11.8 Å². The van der Waals surface area contributed by atoms with Crippen LogP contribution < -0.4 is 5.73 Å². The maximum absolute atomic E-state index is 11.0. The van der Waals surface area contributed by atoms with Crippen LogP contribution in [-0.4, -0.2) is 27.9 Å². The van der Waals surface area contributed by atoms with Crippen molar-refractivity contribution in [1.29, 1.82) is 0 Å². The third-order valence-electron chi connectivity index (χ3n) is 4.00. The first-order chi connectivity index (χ1) is 11.1. The van der Waals surface area contributed by atoms with Gasteiger partial charge in [0.25, 0.3) is 0 Å². The molecule has 0 saturated heterocycles. The van der Waals surface area contributed by atoms with Gasteiger partial charge in [0.2, 0.25) is 0 Å². The van der Waals surface area contributed by atoms with Crippen LogP contribution in [0.5, 0.6) is 0 Å². The van der Waals surface area contributed by atoms with Gasteiger partial charge in [-0.1, -0.05) is 18.2 Å². The molecule has 3 aromatic rings. The van der Waals surface area contributed by atoms with E-state index in [0.29, 0.717) is 5.75 Å². The van der Waals surface area contributed by atoms with Crippen LogP contribution in [0, 0.1) is 0 Å². The molecule has 0 spiro atoms. The Hall–Kier alpha value is -2.53. The molecule has 0 bridgehead atoms. The molecule has 5 heteroatoms. The van der Waals surface area contributed by atoms with Crippen molar-refractivity contribution in [3.63, 3.8) is 0 Å². The van der Waals surface area contributed by atoms with Gasteiger partial charge >= 0.3 is 5.97 Å². The number of aliphatic imine (C=N–C) groups is 1. The third kappa shape index (κ3) is 2.53. The van der Waals surface area contributed by atoms with Gasteiger partial charge in [0.15, 0.2) is 6.04 Å². The van der Waals surface area contributed by atoms with E-state index in [1.54, 1.807) is 0 Å². The molecule has 0 unspecified atom stereocenters. The molecule has 0 aliphatic carbocycles. The van der Waals surface area contributed by atoms with Gasteiger partial charge in [-0.15, -0.1) is 11.8 Å². The Labute approximate surface area is 137 Å². The lowest BCUT2D eigenvalue weighted by atomic mass is 10.0. The quantitative estimate of drug-likeness (QED) is 0.559. The summed E-state index contributed by atoms with van der Waals surface area (Å²) in [4.78, 5) is 15.3. The molecule has 0 amide bonds. The van der Waals surface area contributed by atoms with Crippen molar-refractivity contribution in [2.45, 2.75) is 6.04 Å². The number of thioether (sulfide) groups is 1. The topological polar surface area (TPSA) is 75.7 Å². The van der Waals surface area contributed by atoms with Crippen molar-refractivity contribution >= 4 is 50.0 Å². The van der Waals surface area contributed by atoms with E-state index in [1.807, 2.05) is 30.3 Å². The molecule has 4 nitrogen and oxygen atoms in total. The average molecular weight is 322 g/mol. The summed E-state index contributed by atoms with van der Waals surface area (Å²) in [5.74, 6) is -0.364. The molecule has 3 N–H and O–H groups in total. The number of hydrogen-bond acceptors (Lipinski definition) is 4. The highest BCUT2D eigenvalue weighted by atomic mass is 32.2. The molecular formula is C18H14N2O2S. The van der Waals surface area contributed by atoms with Crippen molar-refractivity contribution < 1.29 is 9.90 Å². The van der Waals surface area contributed by atoms with Crippen LogP contribution in [0.1, 0.15) is 5.56 Å². The highest BCUT2D eigenvalue weighted by molar-refractivity contribution is 8.14. The Balaban J connectivity index is 1.82. The highest BCUT2D eigenvalue weighted by Gasteiger charge is 2.25. The monoisotopic (exact) mass is 322 g/mol.